The van der Waals surface area contributed by atoms with Gasteiger partial charge in [-0.15, -0.1) is 0 Å². The molecule has 1 saturated heterocycles. The summed E-state index contributed by atoms with van der Waals surface area (Å²) < 4.78 is 0.395. The number of thioether (sulfide) groups is 1. The number of aryl methyl sites for hydroxylation is 1. The van der Waals surface area contributed by atoms with Crippen LogP contribution in [0.4, 0.5) is 5.69 Å². The Kier molecular flexibility index (Phi) is 6.46. The predicted octanol–water partition coefficient (Wildman–Crippen LogP) is 3.92. The molecule has 8 heteroatoms. The van der Waals surface area contributed by atoms with Gasteiger partial charge in [-0.05, 0) is 30.7 Å². The number of para-hydroxylation sites is 1. The van der Waals surface area contributed by atoms with Crippen molar-refractivity contribution in [3.63, 3.8) is 0 Å². The summed E-state index contributed by atoms with van der Waals surface area (Å²) >= 11 is 6.49. The normalized spacial score (nSPS) is 15.1. The highest BCUT2D eigenvalue weighted by Gasteiger charge is 2.32. The van der Waals surface area contributed by atoms with E-state index in [1.807, 2.05) is 31.2 Å². The molecule has 0 bridgehead atoms. The number of thiocarbonyl (C=S) groups is 1. The highest BCUT2D eigenvalue weighted by molar-refractivity contribution is 8.26. The number of aromatic carboxylic acids is 1. The molecule has 1 aliphatic rings. The average molecular weight is 427 g/mol. The van der Waals surface area contributed by atoms with Crippen molar-refractivity contribution in [2.45, 2.75) is 13.3 Å². The van der Waals surface area contributed by atoms with Crippen LogP contribution >= 0.6 is 24.0 Å². The predicted molar refractivity (Wildman–Crippen MR) is 118 cm³/mol. The minimum absolute atomic E-state index is 0.00178. The third-order valence-corrected chi connectivity index (χ3v) is 5.62. The van der Waals surface area contributed by atoms with E-state index < -0.39 is 11.9 Å². The number of carboxylic acid groups (broad SMARTS) is 1. The number of carbonyl (C=O) groups is 3. The van der Waals surface area contributed by atoms with Crippen LogP contribution in [-0.2, 0) is 9.59 Å². The summed E-state index contributed by atoms with van der Waals surface area (Å²) in [4.78, 5) is 38.0. The number of benzene rings is 2. The summed E-state index contributed by atoms with van der Waals surface area (Å²) in [6.07, 6.45) is 1.78. The van der Waals surface area contributed by atoms with Crippen LogP contribution < -0.4 is 5.32 Å². The Bertz CT molecular complexity index is 1020. The second-order valence-corrected chi connectivity index (χ2v) is 8.07. The van der Waals surface area contributed by atoms with E-state index >= 15 is 0 Å². The van der Waals surface area contributed by atoms with Crippen LogP contribution in [0.2, 0.25) is 0 Å². The van der Waals surface area contributed by atoms with Gasteiger partial charge < -0.3 is 10.4 Å². The lowest BCUT2D eigenvalue weighted by atomic mass is 10.1. The fourth-order valence-corrected chi connectivity index (χ4v) is 4.02. The van der Waals surface area contributed by atoms with Gasteiger partial charge >= 0.3 is 5.97 Å². The van der Waals surface area contributed by atoms with Gasteiger partial charge in [-0.3, -0.25) is 14.5 Å². The molecule has 2 N–H and O–H groups in total. The average Bonchev–Trinajstić information content (AvgIpc) is 2.95. The first-order chi connectivity index (χ1) is 13.8. The van der Waals surface area contributed by atoms with Gasteiger partial charge in [0.1, 0.15) is 4.32 Å². The third-order valence-electron chi connectivity index (χ3n) is 4.24. The molecule has 148 valence electrons. The van der Waals surface area contributed by atoms with Crippen molar-refractivity contribution in [1.82, 2.24) is 4.90 Å². The number of amides is 2. The second kappa shape index (κ2) is 9.02. The van der Waals surface area contributed by atoms with E-state index in [9.17, 15) is 19.5 Å². The quantitative estimate of drug-likeness (QED) is 0.538. The summed E-state index contributed by atoms with van der Waals surface area (Å²) in [5.41, 5.74) is 2.26. The summed E-state index contributed by atoms with van der Waals surface area (Å²) in [6, 6.07) is 13.9. The van der Waals surface area contributed by atoms with Gasteiger partial charge in [0.2, 0.25) is 5.91 Å². The number of carboxylic acids is 1. The summed E-state index contributed by atoms with van der Waals surface area (Å²) in [5.74, 6) is -1.76. The van der Waals surface area contributed by atoms with Crippen LogP contribution in [0.5, 0.6) is 0 Å². The van der Waals surface area contributed by atoms with E-state index in [-0.39, 0.29) is 30.1 Å². The van der Waals surface area contributed by atoms with Crippen molar-refractivity contribution in [3.05, 3.63) is 70.1 Å². The molecule has 2 aromatic rings. The van der Waals surface area contributed by atoms with Gasteiger partial charge in [0.15, 0.2) is 0 Å². The largest absolute Gasteiger partial charge is 0.478 e. The van der Waals surface area contributed by atoms with E-state index in [0.717, 1.165) is 11.1 Å². The molecular weight excluding hydrogens is 408 g/mol. The Hall–Kier alpha value is -2.97. The van der Waals surface area contributed by atoms with Crippen LogP contribution in [0, 0.1) is 6.92 Å². The van der Waals surface area contributed by atoms with Gasteiger partial charge in [0.05, 0.1) is 16.2 Å². The molecule has 0 saturated carbocycles. The lowest BCUT2D eigenvalue weighted by Crippen LogP contribution is -2.31. The van der Waals surface area contributed by atoms with Gasteiger partial charge in [-0.1, -0.05) is 65.9 Å². The minimum Gasteiger partial charge on any atom is -0.478 e. The van der Waals surface area contributed by atoms with Crippen LogP contribution in [0.1, 0.15) is 27.9 Å². The van der Waals surface area contributed by atoms with E-state index in [2.05, 4.69) is 5.32 Å². The third kappa shape index (κ3) is 5.10. The second-order valence-electron chi connectivity index (χ2n) is 6.39. The number of hydrogen-bond acceptors (Lipinski definition) is 5. The topological polar surface area (TPSA) is 86.7 Å². The van der Waals surface area contributed by atoms with Crippen LogP contribution in [-0.4, -0.2) is 38.7 Å². The van der Waals surface area contributed by atoms with Gasteiger partial charge in [0, 0.05) is 13.0 Å². The fourth-order valence-electron chi connectivity index (χ4n) is 2.71. The molecule has 1 aliphatic heterocycles. The van der Waals surface area contributed by atoms with E-state index in [0.29, 0.717) is 9.23 Å². The summed E-state index contributed by atoms with van der Waals surface area (Å²) in [6.45, 7) is 2.11. The highest BCUT2D eigenvalue weighted by atomic mass is 32.2. The zero-order valence-electron chi connectivity index (χ0n) is 15.5. The number of rotatable bonds is 6. The van der Waals surface area contributed by atoms with Crippen LogP contribution in [0.3, 0.4) is 0 Å². The molecule has 1 fully saturated rings. The van der Waals surface area contributed by atoms with Crippen molar-refractivity contribution >= 4 is 57.8 Å². The molecule has 3 rings (SSSR count). The SMILES string of the molecule is Cc1ccc(C=C2SC(=S)N(CCC(=O)Nc3ccccc3C(=O)O)C2=O)cc1. The zero-order chi connectivity index (χ0) is 21.0. The van der Waals surface area contributed by atoms with Crippen molar-refractivity contribution in [3.8, 4) is 0 Å². The molecule has 2 amide bonds. The summed E-state index contributed by atoms with van der Waals surface area (Å²) in [7, 11) is 0. The van der Waals surface area contributed by atoms with E-state index in [4.69, 9.17) is 12.2 Å². The van der Waals surface area contributed by atoms with Crippen molar-refractivity contribution in [2.24, 2.45) is 0 Å². The first-order valence-corrected chi connectivity index (χ1v) is 10.0. The van der Waals surface area contributed by atoms with Crippen molar-refractivity contribution in [2.75, 3.05) is 11.9 Å². The van der Waals surface area contributed by atoms with Crippen LogP contribution in [0.15, 0.2) is 53.4 Å². The number of nitrogens with one attached hydrogen (secondary N) is 1. The Morgan fingerprint density at radius 1 is 1.17 bits per heavy atom. The molecule has 0 radical (unpaired) electrons. The first-order valence-electron chi connectivity index (χ1n) is 8.79. The minimum atomic E-state index is -1.13. The molecule has 0 spiro atoms. The lowest BCUT2D eigenvalue weighted by Gasteiger charge is -2.14. The van der Waals surface area contributed by atoms with Crippen molar-refractivity contribution < 1.29 is 19.5 Å². The highest BCUT2D eigenvalue weighted by Crippen LogP contribution is 2.32. The Morgan fingerprint density at radius 3 is 2.55 bits per heavy atom. The fraction of sp³-hybridized carbons (Fsp3) is 0.143. The standard InChI is InChI=1S/C21H18N2O4S2/c1-13-6-8-14(9-7-13)12-17-19(25)23(21(28)29-17)11-10-18(24)22-16-5-3-2-4-15(16)20(26)27/h2-9,12H,10-11H2,1H3,(H,22,24)(H,26,27). The van der Waals surface area contributed by atoms with Gasteiger partial charge in [0.25, 0.3) is 5.91 Å². The maximum atomic E-state index is 12.6. The van der Waals surface area contributed by atoms with Crippen LogP contribution in [0.25, 0.3) is 6.08 Å². The number of carbonyl (C=O) groups excluding carboxylic acids is 2. The van der Waals surface area contributed by atoms with Crippen molar-refractivity contribution in [1.29, 1.82) is 0 Å². The Morgan fingerprint density at radius 2 is 1.86 bits per heavy atom. The number of hydrogen-bond donors (Lipinski definition) is 2. The zero-order valence-corrected chi connectivity index (χ0v) is 17.2. The molecular formula is C21H18N2O4S2. The smallest absolute Gasteiger partial charge is 0.337 e. The molecule has 1 heterocycles. The van der Waals surface area contributed by atoms with Gasteiger partial charge in [-0.25, -0.2) is 4.79 Å². The van der Waals surface area contributed by atoms with Gasteiger partial charge in [-0.2, -0.15) is 0 Å². The maximum Gasteiger partial charge on any atom is 0.337 e. The lowest BCUT2D eigenvalue weighted by molar-refractivity contribution is -0.122. The monoisotopic (exact) mass is 426 g/mol. The molecule has 0 aromatic heterocycles. The summed E-state index contributed by atoms with van der Waals surface area (Å²) in [5, 5.41) is 11.8. The Balaban J connectivity index is 1.63. The first kappa shape index (κ1) is 20.8. The number of nitrogens with zero attached hydrogens (tertiary/aromatic N) is 1. The molecule has 0 aliphatic carbocycles. The van der Waals surface area contributed by atoms with E-state index in [1.54, 1.807) is 18.2 Å². The maximum absolute atomic E-state index is 12.6. The number of anilines is 1. The molecule has 2 aromatic carbocycles. The van der Waals surface area contributed by atoms with E-state index in [1.165, 1.54) is 28.8 Å². The molecule has 6 nitrogen and oxygen atoms in total. The molecule has 0 unspecified atom stereocenters. The Labute approximate surface area is 177 Å². The molecule has 29 heavy (non-hydrogen) atoms. The molecule has 0 atom stereocenters.